The number of benzene rings is 1. The number of hydrogen-bond acceptors (Lipinski definition) is 7. The van der Waals surface area contributed by atoms with Gasteiger partial charge in [-0.2, -0.15) is 0 Å². The van der Waals surface area contributed by atoms with Crippen molar-refractivity contribution in [1.29, 1.82) is 0 Å². The number of rotatable bonds is 9. The van der Waals surface area contributed by atoms with Crippen LogP contribution in [0.15, 0.2) is 24.3 Å². The summed E-state index contributed by atoms with van der Waals surface area (Å²) in [5.41, 5.74) is 1.52. The third-order valence-electron chi connectivity index (χ3n) is 2.71. The van der Waals surface area contributed by atoms with E-state index in [-0.39, 0.29) is 26.1 Å². The highest BCUT2D eigenvalue weighted by Gasteiger charge is 2.20. The first kappa shape index (κ1) is 23.9. The monoisotopic (exact) mass is 434 g/mol. The molecular weight excluding hydrogens is 414 g/mol. The lowest BCUT2D eigenvalue weighted by molar-refractivity contribution is 0.176. The van der Waals surface area contributed by atoms with E-state index in [2.05, 4.69) is 36.7 Å². The maximum Gasteiger partial charge on any atom is 0.483 e. The number of phosphoric acid groups is 2. The fourth-order valence-corrected chi connectivity index (χ4v) is 3.23. The Morgan fingerprint density at radius 3 is 1.78 bits per heavy atom. The van der Waals surface area contributed by atoms with E-state index in [0.29, 0.717) is 0 Å². The third-order valence-corrected chi connectivity index (χ3v) is 5.54. The predicted molar refractivity (Wildman–Crippen MR) is 103 cm³/mol. The van der Waals surface area contributed by atoms with Crippen LogP contribution in [0.25, 0.3) is 0 Å². The first-order chi connectivity index (χ1) is 12.8. The highest BCUT2D eigenvalue weighted by atomic mass is 32.2. The van der Waals surface area contributed by atoms with Gasteiger partial charge in [0.15, 0.2) is 0 Å². The highest BCUT2D eigenvalue weighted by Crippen LogP contribution is 2.46. The molecule has 0 saturated heterocycles. The van der Waals surface area contributed by atoms with Crippen molar-refractivity contribution in [2.45, 2.75) is 12.8 Å². The minimum absolute atomic E-state index is 0.0109. The van der Waals surface area contributed by atoms with E-state index in [1.54, 1.807) is 24.3 Å². The molecule has 2 N–H and O–H groups in total. The standard InChI is InChI=1S/C16H20O8P2S/c1-21-25(17,18)22-13-5-3-7-15-9-11-16(12-10-15)8-4-6-14-23-26(19,20)24-27-2/h9-12H,5-6,13-14H2,1-2H3,(H,17,18)(H,19,20). The van der Waals surface area contributed by atoms with E-state index < -0.39 is 15.6 Å². The van der Waals surface area contributed by atoms with E-state index in [1.807, 2.05) is 0 Å². The van der Waals surface area contributed by atoms with Crippen LogP contribution in [0, 0.1) is 23.7 Å². The second kappa shape index (κ2) is 12.4. The van der Waals surface area contributed by atoms with Gasteiger partial charge in [0, 0.05) is 49.4 Å². The molecule has 27 heavy (non-hydrogen) atoms. The summed E-state index contributed by atoms with van der Waals surface area (Å²) in [6, 6.07) is 7.15. The smallest absolute Gasteiger partial charge is 0.303 e. The van der Waals surface area contributed by atoms with Crippen LogP contribution >= 0.6 is 27.7 Å². The summed E-state index contributed by atoms with van der Waals surface area (Å²) in [6.07, 6.45) is 2.08. The van der Waals surface area contributed by atoms with Crippen molar-refractivity contribution in [2.24, 2.45) is 0 Å². The Kier molecular flexibility index (Phi) is 11.0. The Hall–Kier alpha value is -1.09. The van der Waals surface area contributed by atoms with Crippen LogP contribution < -0.4 is 0 Å². The lowest BCUT2D eigenvalue weighted by Gasteiger charge is -2.07. The van der Waals surface area contributed by atoms with Gasteiger partial charge in [0.25, 0.3) is 0 Å². The highest BCUT2D eigenvalue weighted by molar-refractivity contribution is 7.97. The van der Waals surface area contributed by atoms with Crippen molar-refractivity contribution < 1.29 is 36.5 Å². The van der Waals surface area contributed by atoms with Crippen molar-refractivity contribution in [1.82, 2.24) is 0 Å². The van der Waals surface area contributed by atoms with Crippen LogP contribution in [0.2, 0.25) is 0 Å². The molecule has 8 nitrogen and oxygen atoms in total. The van der Waals surface area contributed by atoms with E-state index >= 15 is 0 Å². The summed E-state index contributed by atoms with van der Waals surface area (Å²) >= 11 is 0.759. The van der Waals surface area contributed by atoms with Crippen LogP contribution in [-0.2, 0) is 26.7 Å². The minimum atomic E-state index is -4.00. The Bertz CT molecular complexity index is 804. The molecule has 0 aliphatic carbocycles. The number of hydrogen-bond donors (Lipinski definition) is 2. The van der Waals surface area contributed by atoms with E-state index in [9.17, 15) is 14.0 Å². The van der Waals surface area contributed by atoms with E-state index in [4.69, 9.17) is 9.42 Å². The summed E-state index contributed by atoms with van der Waals surface area (Å²) in [6.45, 7) is -0.0280. The van der Waals surface area contributed by atoms with Gasteiger partial charge in [0.2, 0.25) is 0 Å². The normalized spacial score (nSPS) is 14.8. The van der Waals surface area contributed by atoms with Crippen molar-refractivity contribution in [3.05, 3.63) is 35.4 Å². The Labute approximate surface area is 163 Å². The summed E-state index contributed by atoms with van der Waals surface area (Å²) in [5.74, 6) is 11.5. The quantitative estimate of drug-likeness (QED) is 0.262. The summed E-state index contributed by atoms with van der Waals surface area (Å²) in [7, 11) is -6.86. The summed E-state index contributed by atoms with van der Waals surface area (Å²) in [5, 5.41) is 0. The Balaban J connectivity index is 2.40. The third kappa shape index (κ3) is 11.4. The molecule has 0 saturated carbocycles. The van der Waals surface area contributed by atoms with E-state index in [1.165, 1.54) is 6.26 Å². The lowest BCUT2D eigenvalue weighted by atomic mass is 10.1. The van der Waals surface area contributed by atoms with Gasteiger partial charge in [-0.25, -0.2) is 13.1 Å². The van der Waals surface area contributed by atoms with Gasteiger partial charge in [-0.1, -0.05) is 23.7 Å². The molecule has 0 bridgehead atoms. The molecule has 1 aromatic carbocycles. The zero-order valence-electron chi connectivity index (χ0n) is 14.8. The zero-order valence-corrected chi connectivity index (χ0v) is 17.4. The SMILES string of the molecule is COP(=O)(O)OCCC#Cc1ccc(C#CCCOP(=O)(O)OSC)cc1. The maximum atomic E-state index is 11.3. The maximum absolute atomic E-state index is 11.3. The Morgan fingerprint density at radius 2 is 1.37 bits per heavy atom. The minimum Gasteiger partial charge on any atom is -0.303 e. The summed E-state index contributed by atoms with van der Waals surface area (Å²) in [4.78, 5) is 18.3. The fourth-order valence-electron chi connectivity index (χ4n) is 1.56. The van der Waals surface area contributed by atoms with Gasteiger partial charge < -0.3 is 9.79 Å². The second-order valence-corrected chi connectivity index (χ2v) is 8.39. The van der Waals surface area contributed by atoms with Crippen molar-refractivity contribution >= 4 is 27.7 Å². The van der Waals surface area contributed by atoms with Gasteiger partial charge in [0.1, 0.15) is 0 Å². The van der Waals surface area contributed by atoms with Gasteiger partial charge in [-0.05, 0) is 24.3 Å². The van der Waals surface area contributed by atoms with Crippen molar-refractivity contribution in [2.75, 3.05) is 26.6 Å². The fraction of sp³-hybridized carbons (Fsp3) is 0.375. The van der Waals surface area contributed by atoms with Crippen LogP contribution in [0.3, 0.4) is 0 Å². The largest absolute Gasteiger partial charge is 0.483 e. The van der Waals surface area contributed by atoms with Crippen molar-refractivity contribution in [3.8, 4) is 23.7 Å². The van der Waals surface area contributed by atoms with Crippen molar-refractivity contribution in [3.63, 3.8) is 0 Å². The molecule has 148 valence electrons. The lowest BCUT2D eigenvalue weighted by Crippen LogP contribution is -1.93. The first-order valence-electron chi connectivity index (χ1n) is 7.58. The molecule has 0 aliphatic heterocycles. The van der Waals surface area contributed by atoms with Crippen LogP contribution in [-0.4, -0.2) is 36.4 Å². The predicted octanol–water partition coefficient (Wildman–Crippen LogP) is 3.34. The average molecular weight is 434 g/mol. The molecule has 1 rings (SSSR count). The van der Waals surface area contributed by atoms with Gasteiger partial charge >= 0.3 is 15.6 Å². The molecule has 0 spiro atoms. The first-order valence-corrected chi connectivity index (χ1v) is 11.7. The van der Waals surface area contributed by atoms with Crippen LogP contribution in [0.5, 0.6) is 0 Å². The molecule has 2 unspecified atom stereocenters. The van der Waals surface area contributed by atoms with Crippen LogP contribution in [0.4, 0.5) is 0 Å². The molecule has 11 heteroatoms. The second-order valence-electron chi connectivity index (χ2n) is 4.71. The van der Waals surface area contributed by atoms with Gasteiger partial charge in [-0.15, -0.1) is 0 Å². The molecule has 0 fully saturated rings. The molecule has 0 aromatic heterocycles. The molecule has 0 aliphatic rings. The number of phosphoric ester groups is 2. The van der Waals surface area contributed by atoms with E-state index in [0.717, 1.165) is 30.3 Å². The molecule has 0 radical (unpaired) electrons. The molecular formula is C16H20O8P2S. The topological polar surface area (TPSA) is 112 Å². The van der Waals surface area contributed by atoms with Gasteiger partial charge in [-0.3, -0.25) is 13.6 Å². The molecule has 1 aromatic rings. The molecule has 0 amide bonds. The van der Waals surface area contributed by atoms with Gasteiger partial charge in [0.05, 0.1) is 13.2 Å². The average Bonchev–Trinajstić information content (AvgIpc) is 2.62. The Morgan fingerprint density at radius 1 is 0.926 bits per heavy atom. The van der Waals surface area contributed by atoms with Crippen LogP contribution in [0.1, 0.15) is 24.0 Å². The molecule has 0 heterocycles. The zero-order chi connectivity index (χ0) is 20.2. The molecule has 2 atom stereocenters. The summed E-state index contributed by atoms with van der Waals surface area (Å²) < 4.78 is 40.5.